The Kier molecular flexibility index (Phi) is 4.48. The minimum Gasteiger partial charge on any atom is -0.348 e. The largest absolute Gasteiger partial charge is 0.348 e. The van der Waals surface area contributed by atoms with Gasteiger partial charge in [-0.25, -0.2) is 0 Å². The third kappa shape index (κ3) is 3.02. The fraction of sp³-hybridized carbons (Fsp3) is 0.333. The second-order valence-corrected chi connectivity index (χ2v) is 6.97. The molecule has 0 unspecified atom stereocenters. The van der Waals surface area contributed by atoms with Gasteiger partial charge in [0, 0.05) is 23.0 Å². The topological polar surface area (TPSA) is 42.0 Å². The molecular formula is C18H20N2OS. The van der Waals surface area contributed by atoms with Crippen LogP contribution in [0.1, 0.15) is 36.9 Å². The predicted octanol–water partition coefficient (Wildman–Crippen LogP) is 3.78. The molecule has 0 aliphatic carbocycles. The van der Waals surface area contributed by atoms with Crippen LogP contribution >= 0.6 is 11.8 Å². The first kappa shape index (κ1) is 15.1. The first-order valence-electron chi connectivity index (χ1n) is 7.59. The zero-order valence-corrected chi connectivity index (χ0v) is 13.6. The van der Waals surface area contributed by atoms with Gasteiger partial charge in [-0.3, -0.25) is 9.78 Å². The Balaban J connectivity index is 1.78. The molecule has 3 rings (SSSR count). The lowest BCUT2D eigenvalue weighted by Crippen LogP contribution is -2.35. The molecule has 0 fully saturated rings. The fourth-order valence-corrected chi connectivity index (χ4v) is 4.07. The number of thioether (sulfide) groups is 1. The Hall–Kier alpha value is -1.81. The van der Waals surface area contributed by atoms with Crippen molar-refractivity contribution < 1.29 is 4.79 Å². The van der Waals surface area contributed by atoms with Gasteiger partial charge in [0.25, 0.3) is 0 Å². The Morgan fingerprint density at radius 3 is 2.68 bits per heavy atom. The second-order valence-electron chi connectivity index (χ2n) is 5.91. The third-order valence-corrected chi connectivity index (χ3v) is 5.23. The molecule has 1 N–H and O–H groups in total. The first-order chi connectivity index (χ1) is 10.7. The van der Waals surface area contributed by atoms with Crippen molar-refractivity contribution in [3.63, 3.8) is 0 Å². The highest BCUT2D eigenvalue weighted by atomic mass is 32.2. The number of aromatic nitrogens is 1. The third-order valence-electron chi connectivity index (χ3n) is 4.05. The lowest BCUT2D eigenvalue weighted by atomic mass is 9.94. The van der Waals surface area contributed by atoms with Crippen molar-refractivity contribution >= 4 is 17.7 Å². The lowest BCUT2D eigenvalue weighted by molar-refractivity contribution is -0.123. The van der Waals surface area contributed by atoms with E-state index in [-0.39, 0.29) is 17.9 Å². The number of hydrogen-bond acceptors (Lipinski definition) is 3. The van der Waals surface area contributed by atoms with Gasteiger partial charge in [-0.1, -0.05) is 32.0 Å². The standard InChI is InChI=1S/C18H20N2OS/c1-12(2)17(13-7-9-19-10-8-13)20-18(21)15-11-22-16-6-4-3-5-14(15)16/h3-10,12,15,17H,11H2,1-2H3,(H,20,21)/t15-,17+/m1/s1. The molecule has 1 aromatic heterocycles. The van der Waals surface area contributed by atoms with Gasteiger partial charge < -0.3 is 5.32 Å². The Bertz CT molecular complexity index is 657. The van der Waals surface area contributed by atoms with Crippen molar-refractivity contribution in [2.75, 3.05) is 5.75 Å². The number of nitrogens with zero attached hydrogens (tertiary/aromatic N) is 1. The summed E-state index contributed by atoms with van der Waals surface area (Å²) in [4.78, 5) is 18.0. The average Bonchev–Trinajstić information content (AvgIpc) is 2.97. The number of pyridine rings is 1. The van der Waals surface area contributed by atoms with Gasteiger partial charge in [0.1, 0.15) is 0 Å². The smallest absolute Gasteiger partial charge is 0.228 e. The van der Waals surface area contributed by atoms with E-state index in [2.05, 4.69) is 36.3 Å². The van der Waals surface area contributed by atoms with E-state index in [1.807, 2.05) is 24.3 Å². The highest BCUT2D eigenvalue weighted by molar-refractivity contribution is 7.99. The predicted molar refractivity (Wildman–Crippen MR) is 89.9 cm³/mol. The zero-order valence-electron chi connectivity index (χ0n) is 12.8. The van der Waals surface area contributed by atoms with E-state index in [0.29, 0.717) is 5.92 Å². The molecule has 2 atom stereocenters. The Labute approximate surface area is 135 Å². The molecular weight excluding hydrogens is 292 g/mol. The molecule has 1 amide bonds. The van der Waals surface area contributed by atoms with Gasteiger partial charge in [0.2, 0.25) is 5.91 Å². The van der Waals surface area contributed by atoms with Gasteiger partial charge in [0.15, 0.2) is 0 Å². The van der Waals surface area contributed by atoms with E-state index >= 15 is 0 Å². The molecule has 1 aliphatic heterocycles. The van der Waals surface area contributed by atoms with Crippen LogP contribution in [-0.2, 0) is 4.79 Å². The van der Waals surface area contributed by atoms with Crippen LogP contribution in [0.5, 0.6) is 0 Å². The maximum Gasteiger partial charge on any atom is 0.228 e. The van der Waals surface area contributed by atoms with Crippen LogP contribution < -0.4 is 5.32 Å². The molecule has 2 aromatic rings. The minimum atomic E-state index is -0.0516. The zero-order chi connectivity index (χ0) is 15.5. The van der Waals surface area contributed by atoms with Crippen molar-refractivity contribution in [3.8, 4) is 0 Å². The first-order valence-corrected chi connectivity index (χ1v) is 8.57. The van der Waals surface area contributed by atoms with Crippen molar-refractivity contribution in [2.24, 2.45) is 5.92 Å². The average molecular weight is 312 g/mol. The molecule has 0 bridgehead atoms. The summed E-state index contributed by atoms with van der Waals surface area (Å²) in [6.45, 7) is 4.26. The van der Waals surface area contributed by atoms with Gasteiger partial charge in [-0.15, -0.1) is 11.8 Å². The molecule has 0 saturated carbocycles. The molecule has 114 valence electrons. The molecule has 0 spiro atoms. The van der Waals surface area contributed by atoms with Crippen LogP contribution in [0.3, 0.4) is 0 Å². The summed E-state index contributed by atoms with van der Waals surface area (Å²) in [5.41, 5.74) is 2.26. The van der Waals surface area contributed by atoms with Gasteiger partial charge in [-0.05, 0) is 35.2 Å². The molecule has 0 saturated heterocycles. The van der Waals surface area contributed by atoms with Crippen molar-refractivity contribution in [3.05, 3.63) is 59.9 Å². The quantitative estimate of drug-likeness (QED) is 0.934. The molecule has 4 heteroatoms. The van der Waals surface area contributed by atoms with Crippen LogP contribution in [0.25, 0.3) is 0 Å². The van der Waals surface area contributed by atoms with E-state index in [0.717, 1.165) is 16.9 Å². The minimum absolute atomic E-state index is 0.0215. The van der Waals surface area contributed by atoms with E-state index in [9.17, 15) is 4.79 Å². The lowest BCUT2D eigenvalue weighted by Gasteiger charge is -2.24. The molecule has 22 heavy (non-hydrogen) atoms. The summed E-state index contributed by atoms with van der Waals surface area (Å²) in [6, 6.07) is 12.2. The number of carbonyl (C=O) groups excluding carboxylic acids is 1. The number of rotatable bonds is 4. The summed E-state index contributed by atoms with van der Waals surface area (Å²) in [6.07, 6.45) is 3.55. The Morgan fingerprint density at radius 1 is 1.23 bits per heavy atom. The van der Waals surface area contributed by atoms with Gasteiger partial charge >= 0.3 is 0 Å². The molecule has 0 radical (unpaired) electrons. The number of nitrogens with one attached hydrogen (secondary N) is 1. The second kappa shape index (κ2) is 6.53. The summed E-state index contributed by atoms with van der Waals surface area (Å²) in [7, 11) is 0. The van der Waals surface area contributed by atoms with Crippen LogP contribution in [0.4, 0.5) is 0 Å². The summed E-state index contributed by atoms with van der Waals surface area (Å²) in [5, 5.41) is 3.24. The SMILES string of the molecule is CC(C)[C@H](NC(=O)[C@@H]1CSc2ccccc21)c1ccncc1. The maximum atomic E-state index is 12.8. The summed E-state index contributed by atoms with van der Waals surface area (Å²) in [5.74, 6) is 1.22. The monoisotopic (exact) mass is 312 g/mol. The van der Waals surface area contributed by atoms with E-state index in [1.165, 1.54) is 4.90 Å². The number of benzene rings is 1. The molecule has 1 aromatic carbocycles. The van der Waals surface area contributed by atoms with Crippen LogP contribution in [0.2, 0.25) is 0 Å². The van der Waals surface area contributed by atoms with Gasteiger partial charge in [0.05, 0.1) is 12.0 Å². The van der Waals surface area contributed by atoms with Crippen molar-refractivity contribution in [1.82, 2.24) is 10.3 Å². The van der Waals surface area contributed by atoms with E-state index in [4.69, 9.17) is 0 Å². The fourth-order valence-electron chi connectivity index (χ4n) is 2.84. The number of hydrogen-bond donors (Lipinski definition) is 1. The van der Waals surface area contributed by atoms with Crippen LogP contribution in [-0.4, -0.2) is 16.6 Å². The highest BCUT2D eigenvalue weighted by Gasteiger charge is 2.31. The maximum absolute atomic E-state index is 12.8. The Morgan fingerprint density at radius 2 is 1.95 bits per heavy atom. The van der Waals surface area contributed by atoms with Gasteiger partial charge in [-0.2, -0.15) is 0 Å². The van der Waals surface area contributed by atoms with Crippen molar-refractivity contribution in [1.29, 1.82) is 0 Å². The highest BCUT2D eigenvalue weighted by Crippen LogP contribution is 2.39. The van der Waals surface area contributed by atoms with Crippen LogP contribution in [0, 0.1) is 5.92 Å². The molecule has 2 heterocycles. The van der Waals surface area contributed by atoms with Crippen molar-refractivity contribution in [2.45, 2.75) is 30.7 Å². The normalized spacial score (nSPS) is 18.0. The summed E-state index contributed by atoms with van der Waals surface area (Å²) < 4.78 is 0. The molecule has 1 aliphatic rings. The van der Waals surface area contributed by atoms with E-state index in [1.54, 1.807) is 24.2 Å². The number of amides is 1. The number of fused-ring (bicyclic) bond motifs is 1. The van der Waals surface area contributed by atoms with E-state index < -0.39 is 0 Å². The number of carbonyl (C=O) groups is 1. The van der Waals surface area contributed by atoms with Crippen LogP contribution in [0.15, 0.2) is 53.7 Å². The summed E-state index contributed by atoms with van der Waals surface area (Å²) >= 11 is 1.76. The molecule has 3 nitrogen and oxygen atoms in total.